The van der Waals surface area contributed by atoms with Gasteiger partial charge in [-0.05, 0) is 0 Å². The number of rotatable bonds is 0. The van der Waals surface area contributed by atoms with Gasteiger partial charge in [-0.3, -0.25) is 0 Å². The Kier molecular flexibility index (Phi) is 2.33. The molecule has 0 aliphatic carbocycles. The van der Waals surface area contributed by atoms with Crippen LogP contribution in [0.15, 0.2) is 24.3 Å². The summed E-state index contributed by atoms with van der Waals surface area (Å²) in [5, 5.41) is 1.50. The van der Waals surface area contributed by atoms with Crippen LogP contribution in [0, 0.1) is 6.92 Å². The second-order valence-corrected chi connectivity index (χ2v) is 7.42. The standard InChI is InChI=1S/C13H16Se/c1-9-12(13(2,3)4)10-7-5-6-8-11(10)14-9/h5-8H,1-4H3. The summed E-state index contributed by atoms with van der Waals surface area (Å²) < 4.78 is 3.16. The van der Waals surface area contributed by atoms with Gasteiger partial charge in [0.25, 0.3) is 0 Å². The Hall–Kier alpha value is -0.521. The zero-order valence-corrected chi connectivity index (χ0v) is 10.9. The molecule has 0 saturated carbocycles. The van der Waals surface area contributed by atoms with E-state index >= 15 is 0 Å². The van der Waals surface area contributed by atoms with Gasteiger partial charge in [0.1, 0.15) is 0 Å². The van der Waals surface area contributed by atoms with E-state index in [1.165, 1.54) is 5.39 Å². The summed E-state index contributed by atoms with van der Waals surface area (Å²) in [4.78, 5) is 0. The molecule has 14 heavy (non-hydrogen) atoms. The van der Waals surface area contributed by atoms with Crippen LogP contribution in [-0.4, -0.2) is 14.5 Å². The molecule has 1 aromatic carbocycles. The third-order valence-corrected chi connectivity index (χ3v) is 4.80. The van der Waals surface area contributed by atoms with E-state index in [9.17, 15) is 0 Å². The Morgan fingerprint density at radius 3 is 2.36 bits per heavy atom. The van der Waals surface area contributed by atoms with Crippen LogP contribution in [-0.2, 0) is 5.41 Å². The van der Waals surface area contributed by atoms with E-state index in [0.717, 1.165) is 0 Å². The van der Waals surface area contributed by atoms with Crippen molar-refractivity contribution in [3.8, 4) is 0 Å². The summed E-state index contributed by atoms with van der Waals surface area (Å²) in [6.07, 6.45) is 0. The topological polar surface area (TPSA) is 0 Å². The molecule has 1 heterocycles. The van der Waals surface area contributed by atoms with Crippen LogP contribution in [0.25, 0.3) is 9.65 Å². The molecule has 0 nitrogen and oxygen atoms in total. The first-order valence-corrected chi connectivity index (χ1v) is 6.70. The van der Waals surface area contributed by atoms with E-state index in [1.54, 1.807) is 14.3 Å². The van der Waals surface area contributed by atoms with Crippen LogP contribution in [0.2, 0.25) is 0 Å². The number of benzene rings is 1. The number of aryl methyl sites for hydroxylation is 1. The van der Waals surface area contributed by atoms with E-state index in [1.807, 2.05) is 0 Å². The van der Waals surface area contributed by atoms with E-state index in [4.69, 9.17) is 0 Å². The van der Waals surface area contributed by atoms with Gasteiger partial charge in [-0.1, -0.05) is 0 Å². The molecule has 0 atom stereocenters. The molecule has 1 aromatic heterocycles. The van der Waals surface area contributed by atoms with Crippen molar-refractivity contribution in [2.24, 2.45) is 0 Å². The van der Waals surface area contributed by atoms with Crippen molar-refractivity contribution in [1.29, 1.82) is 0 Å². The van der Waals surface area contributed by atoms with Gasteiger partial charge in [-0.15, -0.1) is 0 Å². The minimum absolute atomic E-state index is 0.290. The molecule has 1 heteroatoms. The molecule has 2 rings (SSSR count). The fraction of sp³-hybridized carbons (Fsp3) is 0.385. The fourth-order valence-electron chi connectivity index (χ4n) is 2.10. The van der Waals surface area contributed by atoms with Gasteiger partial charge >= 0.3 is 91.5 Å². The number of hydrogen-bond donors (Lipinski definition) is 0. The van der Waals surface area contributed by atoms with Gasteiger partial charge in [0.15, 0.2) is 0 Å². The molecule has 0 aliphatic heterocycles. The first-order valence-electron chi connectivity index (χ1n) is 4.99. The molecule has 0 bridgehead atoms. The molecule has 0 spiro atoms. The molecule has 0 aliphatic rings. The summed E-state index contributed by atoms with van der Waals surface area (Å²) in [7, 11) is 0. The normalized spacial score (nSPS) is 12.3. The Morgan fingerprint density at radius 2 is 1.71 bits per heavy atom. The molecule has 2 aromatic rings. The van der Waals surface area contributed by atoms with Gasteiger partial charge in [0, 0.05) is 0 Å². The van der Waals surface area contributed by atoms with Crippen LogP contribution in [0.5, 0.6) is 0 Å². The Labute approximate surface area is 91.7 Å². The zero-order valence-electron chi connectivity index (χ0n) is 9.22. The first-order chi connectivity index (χ1) is 6.50. The SMILES string of the molecule is Cc1[se]c2ccccc2c1C(C)(C)C. The van der Waals surface area contributed by atoms with Gasteiger partial charge in [0.05, 0.1) is 0 Å². The van der Waals surface area contributed by atoms with Crippen molar-refractivity contribution in [2.75, 3.05) is 0 Å². The third-order valence-electron chi connectivity index (χ3n) is 2.52. The van der Waals surface area contributed by atoms with Crippen LogP contribution in [0.3, 0.4) is 0 Å². The van der Waals surface area contributed by atoms with E-state index in [-0.39, 0.29) is 0 Å². The molecule has 74 valence electrons. The molecule has 0 unspecified atom stereocenters. The molecule has 0 amide bonds. The molecular formula is C13H16Se. The number of fused-ring (bicyclic) bond motifs is 1. The predicted octanol–water partition coefficient (Wildman–Crippen LogP) is 3.50. The van der Waals surface area contributed by atoms with Crippen molar-refractivity contribution < 1.29 is 0 Å². The van der Waals surface area contributed by atoms with Crippen molar-refractivity contribution in [1.82, 2.24) is 0 Å². The van der Waals surface area contributed by atoms with Crippen LogP contribution >= 0.6 is 0 Å². The zero-order chi connectivity index (χ0) is 10.3. The fourth-order valence-corrected chi connectivity index (χ4v) is 4.77. The minimum atomic E-state index is 0.290. The van der Waals surface area contributed by atoms with E-state index in [0.29, 0.717) is 19.9 Å². The predicted molar refractivity (Wildman–Crippen MR) is 64.3 cm³/mol. The molecule has 0 saturated heterocycles. The summed E-state index contributed by atoms with van der Waals surface area (Å²) in [5.74, 6) is 0. The van der Waals surface area contributed by atoms with Crippen molar-refractivity contribution >= 4 is 24.1 Å². The summed E-state index contributed by atoms with van der Waals surface area (Å²) in [5.41, 5.74) is 1.87. The maximum atomic E-state index is 2.31. The average molecular weight is 251 g/mol. The summed E-state index contributed by atoms with van der Waals surface area (Å²) in [6.45, 7) is 9.22. The summed E-state index contributed by atoms with van der Waals surface area (Å²) >= 11 is 0.569. The van der Waals surface area contributed by atoms with Gasteiger partial charge in [0.2, 0.25) is 0 Å². The van der Waals surface area contributed by atoms with Crippen LogP contribution in [0.1, 0.15) is 30.8 Å². The van der Waals surface area contributed by atoms with E-state index in [2.05, 4.69) is 52.0 Å². The quantitative estimate of drug-likeness (QED) is 0.629. The van der Waals surface area contributed by atoms with Crippen molar-refractivity contribution in [3.05, 3.63) is 34.3 Å². The molecular weight excluding hydrogens is 235 g/mol. The second-order valence-electron chi connectivity index (χ2n) is 4.78. The first kappa shape index (κ1) is 10.0. The monoisotopic (exact) mass is 252 g/mol. The maximum absolute atomic E-state index is 2.31. The van der Waals surface area contributed by atoms with Gasteiger partial charge in [-0.25, -0.2) is 0 Å². The second kappa shape index (κ2) is 3.25. The molecule has 0 fully saturated rings. The van der Waals surface area contributed by atoms with Gasteiger partial charge < -0.3 is 0 Å². The summed E-state index contributed by atoms with van der Waals surface area (Å²) in [6, 6.07) is 8.85. The van der Waals surface area contributed by atoms with Crippen LogP contribution < -0.4 is 0 Å². The van der Waals surface area contributed by atoms with Crippen LogP contribution in [0.4, 0.5) is 0 Å². The Balaban J connectivity index is 2.81. The molecule has 0 radical (unpaired) electrons. The number of hydrogen-bond acceptors (Lipinski definition) is 0. The Bertz CT molecular complexity index is 458. The van der Waals surface area contributed by atoms with Gasteiger partial charge in [-0.2, -0.15) is 0 Å². The third kappa shape index (κ3) is 1.55. The molecule has 0 N–H and O–H groups in total. The Morgan fingerprint density at radius 1 is 1.07 bits per heavy atom. The van der Waals surface area contributed by atoms with Crippen molar-refractivity contribution in [2.45, 2.75) is 33.1 Å². The van der Waals surface area contributed by atoms with E-state index < -0.39 is 0 Å². The average Bonchev–Trinajstić information content (AvgIpc) is 2.38. The van der Waals surface area contributed by atoms with Crippen molar-refractivity contribution in [3.63, 3.8) is 0 Å².